The lowest BCUT2D eigenvalue weighted by atomic mass is 10.2. The van der Waals surface area contributed by atoms with Gasteiger partial charge in [-0.2, -0.15) is 0 Å². The first-order valence-electron chi connectivity index (χ1n) is 10.5. The summed E-state index contributed by atoms with van der Waals surface area (Å²) in [4.78, 5) is 30.6. The third kappa shape index (κ3) is 4.89. The van der Waals surface area contributed by atoms with Crippen molar-refractivity contribution in [3.8, 4) is 11.5 Å². The zero-order valence-corrected chi connectivity index (χ0v) is 18.8. The number of hydrogen-bond acceptors (Lipinski definition) is 7. The largest absolute Gasteiger partial charge is 0.454 e. The fourth-order valence-corrected chi connectivity index (χ4v) is 4.27. The summed E-state index contributed by atoms with van der Waals surface area (Å²) in [6, 6.07) is 12.5. The van der Waals surface area contributed by atoms with Crippen LogP contribution in [0.3, 0.4) is 0 Å². The van der Waals surface area contributed by atoms with Crippen molar-refractivity contribution in [2.45, 2.75) is 37.2 Å². The third-order valence-electron chi connectivity index (χ3n) is 4.99. The van der Waals surface area contributed by atoms with E-state index in [0.717, 1.165) is 0 Å². The van der Waals surface area contributed by atoms with Crippen LogP contribution in [0.4, 0.5) is 5.69 Å². The first kappa shape index (κ1) is 22.2. The molecule has 0 saturated carbocycles. The Hall–Kier alpha value is -3.04. The number of thioether (sulfide) groups is 1. The second-order valence-corrected chi connectivity index (χ2v) is 8.54. The molecular weight excluding hydrogens is 430 g/mol. The third-order valence-corrected chi connectivity index (χ3v) is 6.08. The number of fused-ring (bicyclic) bond motifs is 2. The van der Waals surface area contributed by atoms with Gasteiger partial charge in [0.1, 0.15) is 0 Å². The van der Waals surface area contributed by atoms with Crippen molar-refractivity contribution in [1.29, 1.82) is 0 Å². The smallest absolute Gasteiger partial charge is 0.262 e. The topological polar surface area (TPSA) is 91.7 Å². The molecule has 0 aliphatic carbocycles. The average Bonchev–Trinajstić information content (AvgIpc) is 3.26. The van der Waals surface area contributed by atoms with E-state index >= 15 is 0 Å². The SMILES string of the molecule is CCOCCCn1c(S[C@@H](C)C(=O)Nc2ccc3c(c2)OCO3)nc2ccccc2c1=O. The van der Waals surface area contributed by atoms with Crippen LogP contribution >= 0.6 is 11.8 Å². The Morgan fingerprint density at radius 3 is 2.91 bits per heavy atom. The van der Waals surface area contributed by atoms with E-state index in [2.05, 4.69) is 10.3 Å². The second kappa shape index (κ2) is 10.1. The van der Waals surface area contributed by atoms with Crippen LogP contribution in [-0.4, -0.2) is 40.7 Å². The van der Waals surface area contributed by atoms with Crippen molar-refractivity contribution >= 4 is 34.3 Å². The molecule has 1 N–H and O–H groups in total. The summed E-state index contributed by atoms with van der Waals surface area (Å²) in [6.07, 6.45) is 0.680. The normalized spacial score (nSPS) is 13.3. The molecule has 2 heterocycles. The second-order valence-electron chi connectivity index (χ2n) is 7.24. The van der Waals surface area contributed by atoms with Crippen LogP contribution in [0.5, 0.6) is 11.5 Å². The number of aromatic nitrogens is 2. The molecule has 1 aromatic heterocycles. The molecule has 0 saturated heterocycles. The van der Waals surface area contributed by atoms with Gasteiger partial charge in [-0.1, -0.05) is 23.9 Å². The Bertz CT molecular complexity index is 1180. The summed E-state index contributed by atoms with van der Waals surface area (Å²) in [5.74, 6) is 1.06. The van der Waals surface area contributed by atoms with Gasteiger partial charge in [-0.15, -0.1) is 0 Å². The summed E-state index contributed by atoms with van der Waals surface area (Å²) in [5.41, 5.74) is 1.12. The maximum Gasteiger partial charge on any atom is 0.262 e. The molecule has 3 aromatic rings. The zero-order valence-electron chi connectivity index (χ0n) is 18.0. The molecule has 1 atom stereocenters. The summed E-state index contributed by atoms with van der Waals surface area (Å²) in [6.45, 7) is 5.55. The lowest BCUT2D eigenvalue weighted by molar-refractivity contribution is -0.115. The first-order chi connectivity index (χ1) is 15.6. The highest BCUT2D eigenvalue weighted by molar-refractivity contribution is 8.00. The summed E-state index contributed by atoms with van der Waals surface area (Å²) in [7, 11) is 0. The molecule has 0 fully saturated rings. The van der Waals surface area contributed by atoms with Crippen LogP contribution in [-0.2, 0) is 16.1 Å². The molecule has 2 aromatic carbocycles. The van der Waals surface area contributed by atoms with Crippen LogP contribution in [0.2, 0.25) is 0 Å². The van der Waals surface area contributed by atoms with Gasteiger partial charge in [-0.05, 0) is 44.5 Å². The number of carbonyl (C=O) groups excluding carboxylic acids is 1. The maximum atomic E-state index is 13.1. The Morgan fingerprint density at radius 1 is 1.25 bits per heavy atom. The van der Waals surface area contributed by atoms with Crippen LogP contribution in [0, 0.1) is 0 Å². The number of nitrogens with zero attached hydrogens (tertiary/aromatic N) is 2. The van der Waals surface area contributed by atoms with Gasteiger partial charge in [0.2, 0.25) is 12.7 Å². The summed E-state index contributed by atoms with van der Waals surface area (Å²) < 4.78 is 17.7. The highest BCUT2D eigenvalue weighted by Crippen LogP contribution is 2.34. The number of rotatable bonds is 9. The molecule has 0 radical (unpaired) electrons. The first-order valence-corrected chi connectivity index (χ1v) is 11.4. The summed E-state index contributed by atoms with van der Waals surface area (Å²) in [5, 5.41) is 3.49. The van der Waals surface area contributed by atoms with Gasteiger partial charge < -0.3 is 19.5 Å². The Balaban J connectivity index is 1.53. The fraction of sp³-hybridized carbons (Fsp3) is 0.348. The molecule has 32 heavy (non-hydrogen) atoms. The maximum absolute atomic E-state index is 13.1. The van der Waals surface area contributed by atoms with E-state index in [1.165, 1.54) is 11.8 Å². The van der Waals surface area contributed by atoms with Crippen molar-refractivity contribution in [2.24, 2.45) is 0 Å². The average molecular weight is 456 g/mol. The number of hydrogen-bond donors (Lipinski definition) is 1. The van der Waals surface area contributed by atoms with Crippen molar-refractivity contribution < 1.29 is 19.0 Å². The number of ether oxygens (including phenoxy) is 3. The molecule has 4 rings (SSSR count). The van der Waals surface area contributed by atoms with Gasteiger partial charge in [0.15, 0.2) is 16.7 Å². The van der Waals surface area contributed by atoms with Gasteiger partial charge >= 0.3 is 0 Å². The number of nitrogens with one attached hydrogen (secondary N) is 1. The molecular formula is C23H25N3O5S. The quantitative estimate of drug-likeness (QED) is 0.299. The number of amides is 1. The van der Waals surface area contributed by atoms with Crippen LogP contribution in [0.15, 0.2) is 52.4 Å². The Morgan fingerprint density at radius 2 is 2.06 bits per heavy atom. The molecule has 168 valence electrons. The standard InChI is InChI=1S/C23H25N3O5S/c1-3-29-12-6-11-26-22(28)17-7-4-5-8-18(17)25-23(26)32-15(2)21(27)24-16-9-10-19-20(13-16)31-14-30-19/h4-5,7-10,13,15H,3,6,11-12,14H2,1-2H3,(H,24,27)/t15-/m0/s1. The number of para-hydroxylation sites is 1. The minimum atomic E-state index is -0.480. The van der Waals surface area contributed by atoms with Crippen molar-refractivity contribution in [3.63, 3.8) is 0 Å². The number of carbonyl (C=O) groups is 1. The van der Waals surface area contributed by atoms with Crippen molar-refractivity contribution in [2.75, 3.05) is 25.3 Å². The molecule has 1 aliphatic rings. The predicted molar refractivity (Wildman–Crippen MR) is 124 cm³/mol. The zero-order chi connectivity index (χ0) is 22.5. The Labute approximate surface area is 189 Å². The van der Waals surface area contributed by atoms with Crippen LogP contribution in [0.1, 0.15) is 20.3 Å². The highest BCUT2D eigenvalue weighted by atomic mass is 32.2. The lowest BCUT2D eigenvalue weighted by Crippen LogP contribution is -2.27. The fourth-order valence-electron chi connectivity index (χ4n) is 3.33. The monoisotopic (exact) mass is 455 g/mol. The van der Waals surface area contributed by atoms with Gasteiger partial charge in [0, 0.05) is 31.5 Å². The van der Waals surface area contributed by atoms with Crippen LogP contribution < -0.4 is 20.3 Å². The molecule has 0 bridgehead atoms. The van der Waals surface area contributed by atoms with E-state index in [0.29, 0.717) is 59.4 Å². The molecule has 9 heteroatoms. The van der Waals surface area contributed by atoms with Crippen molar-refractivity contribution in [1.82, 2.24) is 9.55 Å². The molecule has 1 aliphatic heterocycles. The van der Waals surface area contributed by atoms with E-state index in [-0.39, 0.29) is 18.3 Å². The van der Waals surface area contributed by atoms with Crippen molar-refractivity contribution in [3.05, 3.63) is 52.8 Å². The van der Waals surface area contributed by atoms with Gasteiger partial charge in [-0.3, -0.25) is 14.2 Å². The number of benzene rings is 2. The van der Waals surface area contributed by atoms with Gasteiger partial charge in [0.05, 0.1) is 16.2 Å². The predicted octanol–water partition coefficient (Wildman–Crippen LogP) is 3.67. The minimum Gasteiger partial charge on any atom is -0.454 e. The highest BCUT2D eigenvalue weighted by Gasteiger charge is 2.21. The minimum absolute atomic E-state index is 0.113. The van der Waals surface area contributed by atoms with Gasteiger partial charge in [-0.25, -0.2) is 4.98 Å². The molecule has 1 amide bonds. The Kier molecular flexibility index (Phi) is 6.96. The lowest BCUT2D eigenvalue weighted by Gasteiger charge is -2.16. The number of anilines is 1. The van der Waals surface area contributed by atoms with E-state index < -0.39 is 5.25 Å². The molecule has 8 nitrogen and oxygen atoms in total. The van der Waals surface area contributed by atoms with E-state index in [1.54, 1.807) is 35.8 Å². The summed E-state index contributed by atoms with van der Waals surface area (Å²) >= 11 is 1.26. The molecule has 0 unspecified atom stereocenters. The van der Waals surface area contributed by atoms with Gasteiger partial charge in [0.25, 0.3) is 5.56 Å². The molecule has 0 spiro atoms. The van der Waals surface area contributed by atoms with Crippen LogP contribution in [0.25, 0.3) is 10.9 Å². The van der Waals surface area contributed by atoms with E-state index in [1.807, 2.05) is 25.1 Å². The van der Waals surface area contributed by atoms with E-state index in [4.69, 9.17) is 14.2 Å². The van der Waals surface area contributed by atoms with E-state index in [9.17, 15) is 9.59 Å².